The second-order valence-corrected chi connectivity index (χ2v) is 5.76. The SMILES string of the molecule is C=C1[C@@H](O)CN(Cc2ccccc2)S1(=O)=O. The van der Waals surface area contributed by atoms with Crippen molar-refractivity contribution in [3.8, 4) is 0 Å². The fourth-order valence-corrected chi connectivity index (χ4v) is 3.07. The van der Waals surface area contributed by atoms with Gasteiger partial charge in [0.25, 0.3) is 0 Å². The van der Waals surface area contributed by atoms with Crippen molar-refractivity contribution in [2.75, 3.05) is 6.54 Å². The smallest absolute Gasteiger partial charge is 0.241 e. The standard InChI is InChI=1S/C11H13NO3S/c1-9-11(13)8-12(16(9,14)15)7-10-5-3-2-4-6-10/h2-6,11,13H,1,7-8H2/t11-/m0/s1. The molecule has 0 amide bonds. The van der Waals surface area contributed by atoms with Gasteiger partial charge in [0.15, 0.2) is 0 Å². The lowest BCUT2D eigenvalue weighted by Crippen LogP contribution is -2.25. The van der Waals surface area contributed by atoms with Gasteiger partial charge in [-0.05, 0) is 5.56 Å². The van der Waals surface area contributed by atoms with Gasteiger partial charge in [-0.3, -0.25) is 0 Å². The van der Waals surface area contributed by atoms with Crippen LogP contribution in [0.1, 0.15) is 5.56 Å². The first kappa shape index (κ1) is 11.3. The van der Waals surface area contributed by atoms with Crippen molar-refractivity contribution >= 4 is 10.0 Å². The number of benzene rings is 1. The van der Waals surface area contributed by atoms with Gasteiger partial charge in [-0.25, -0.2) is 8.42 Å². The number of hydrogen-bond donors (Lipinski definition) is 1. The Morgan fingerprint density at radius 1 is 1.38 bits per heavy atom. The van der Waals surface area contributed by atoms with Crippen LogP contribution in [0.4, 0.5) is 0 Å². The van der Waals surface area contributed by atoms with E-state index in [4.69, 9.17) is 0 Å². The monoisotopic (exact) mass is 239 g/mol. The topological polar surface area (TPSA) is 57.6 Å². The zero-order valence-electron chi connectivity index (χ0n) is 8.70. The van der Waals surface area contributed by atoms with Crippen molar-refractivity contribution in [3.05, 3.63) is 47.4 Å². The highest BCUT2D eigenvalue weighted by Crippen LogP contribution is 2.26. The summed E-state index contributed by atoms with van der Waals surface area (Å²) in [4.78, 5) is -0.108. The van der Waals surface area contributed by atoms with E-state index in [2.05, 4.69) is 6.58 Å². The maximum atomic E-state index is 11.8. The third kappa shape index (κ3) is 1.89. The molecule has 0 aromatic heterocycles. The Bertz CT molecular complexity index is 495. The van der Waals surface area contributed by atoms with E-state index in [1.165, 1.54) is 4.31 Å². The van der Waals surface area contributed by atoms with Gasteiger partial charge in [0.05, 0.1) is 4.91 Å². The molecule has 2 rings (SSSR count). The highest BCUT2D eigenvalue weighted by Gasteiger charge is 2.38. The minimum atomic E-state index is -3.52. The average Bonchev–Trinajstić information content (AvgIpc) is 2.45. The number of hydrogen-bond acceptors (Lipinski definition) is 3. The van der Waals surface area contributed by atoms with E-state index < -0.39 is 16.1 Å². The van der Waals surface area contributed by atoms with Crippen molar-refractivity contribution in [2.24, 2.45) is 0 Å². The van der Waals surface area contributed by atoms with Gasteiger partial charge in [-0.15, -0.1) is 0 Å². The molecule has 1 saturated heterocycles. The lowest BCUT2D eigenvalue weighted by Gasteiger charge is -2.13. The summed E-state index contributed by atoms with van der Waals surface area (Å²) in [7, 11) is -3.52. The summed E-state index contributed by atoms with van der Waals surface area (Å²) in [6, 6.07) is 9.27. The molecule has 0 spiro atoms. The average molecular weight is 239 g/mol. The predicted molar refractivity (Wildman–Crippen MR) is 60.9 cm³/mol. The van der Waals surface area contributed by atoms with E-state index in [1.807, 2.05) is 30.3 Å². The molecule has 4 nitrogen and oxygen atoms in total. The number of rotatable bonds is 2. The van der Waals surface area contributed by atoms with Crippen LogP contribution in [0, 0.1) is 0 Å². The lowest BCUT2D eigenvalue weighted by atomic mass is 10.2. The molecule has 1 heterocycles. The fraction of sp³-hybridized carbons (Fsp3) is 0.273. The van der Waals surface area contributed by atoms with Gasteiger partial charge in [0.2, 0.25) is 10.0 Å². The molecule has 0 aliphatic carbocycles. The highest BCUT2D eigenvalue weighted by molar-refractivity contribution is 7.93. The molecule has 1 fully saturated rings. The molecule has 1 N–H and O–H groups in total. The van der Waals surface area contributed by atoms with E-state index in [1.54, 1.807) is 0 Å². The van der Waals surface area contributed by atoms with Crippen LogP contribution < -0.4 is 0 Å². The van der Waals surface area contributed by atoms with Crippen molar-refractivity contribution < 1.29 is 13.5 Å². The molecular formula is C11H13NO3S. The Labute approximate surface area is 94.9 Å². The summed E-state index contributed by atoms with van der Waals surface area (Å²) in [5.41, 5.74) is 0.896. The number of nitrogens with zero attached hydrogens (tertiary/aromatic N) is 1. The molecule has 1 atom stereocenters. The molecule has 0 bridgehead atoms. The largest absolute Gasteiger partial charge is 0.386 e. The van der Waals surface area contributed by atoms with Crippen LogP contribution in [0.5, 0.6) is 0 Å². The quantitative estimate of drug-likeness (QED) is 0.826. The van der Waals surface area contributed by atoms with Gasteiger partial charge in [-0.2, -0.15) is 4.31 Å². The van der Waals surface area contributed by atoms with Crippen molar-refractivity contribution in [1.82, 2.24) is 4.31 Å². The van der Waals surface area contributed by atoms with E-state index in [0.29, 0.717) is 0 Å². The van der Waals surface area contributed by atoms with Crippen LogP contribution in [-0.2, 0) is 16.6 Å². The van der Waals surface area contributed by atoms with Crippen molar-refractivity contribution in [1.29, 1.82) is 0 Å². The first-order valence-corrected chi connectivity index (χ1v) is 6.37. The molecular weight excluding hydrogens is 226 g/mol. The van der Waals surface area contributed by atoms with Crippen molar-refractivity contribution in [2.45, 2.75) is 12.6 Å². The zero-order chi connectivity index (χ0) is 11.8. The summed E-state index contributed by atoms with van der Waals surface area (Å²) in [6.07, 6.45) is -0.978. The summed E-state index contributed by atoms with van der Waals surface area (Å²) in [5.74, 6) is 0. The van der Waals surface area contributed by atoms with Gasteiger partial charge in [0.1, 0.15) is 6.10 Å². The second-order valence-electron chi connectivity index (χ2n) is 3.77. The Hall–Kier alpha value is -1.17. The molecule has 0 radical (unpaired) electrons. The van der Waals surface area contributed by atoms with Gasteiger partial charge >= 0.3 is 0 Å². The van der Waals surface area contributed by atoms with E-state index in [0.717, 1.165) is 5.56 Å². The first-order valence-electron chi connectivity index (χ1n) is 4.93. The molecule has 0 saturated carbocycles. The van der Waals surface area contributed by atoms with E-state index >= 15 is 0 Å². The molecule has 1 aliphatic rings. The predicted octanol–water partition coefficient (Wildman–Crippen LogP) is 0.707. The number of aliphatic hydroxyl groups is 1. The summed E-state index contributed by atoms with van der Waals surface area (Å²) in [5, 5.41) is 9.46. The van der Waals surface area contributed by atoms with Crippen LogP contribution >= 0.6 is 0 Å². The van der Waals surface area contributed by atoms with Crippen LogP contribution in [0.3, 0.4) is 0 Å². The van der Waals surface area contributed by atoms with Gasteiger partial charge in [-0.1, -0.05) is 36.9 Å². The third-order valence-corrected chi connectivity index (χ3v) is 4.51. The fourth-order valence-electron chi connectivity index (χ4n) is 1.67. The number of sulfonamides is 1. The lowest BCUT2D eigenvalue weighted by molar-refractivity contribution is 0.200. The Morgan fingerprint density at radius 3 is 2.50 bits per heavy atom. The van der Waals surface area contributed by atoms with Gasteiger partial charge < -0.3 is 5.11 Å². The Kier molecular flexibility index (Phi) is 2.84. The van der Waals surface area contributed by atoms with E-state index in [-0.39, 0.29) is 18.0 Å². The minimum absolute atomic E-state index is 0.0933. The maximum Gasteiger partial charge on any atom is 0.241 e. The zero-order valence-corrected chi connectivity index (χ0v) is 9.52. The van der Waals surface area contributed by atoms with Crippen LogP contribution in [-0.4, -0.2) is 30.5 Å². The minimum Gasteiger partial charge on any atom is -0.386 e. The molecule has 1 aromatic rings. The summed E-state index contributed by atoms with van der Waals surface area (Å²) >= 11 is 0. The van der Waals surface area contributed by atoms with Gasteiger partial charge in [0, 0.05) is 13.1 Å². The van der Waals surface area contributed by atoms with E-state index in [9.17, 15) is 13.5 Å². The highest BCUT2D eigenvalue weighted by atomic mass is 32.2. The molecule has 1 aromatic carbocycles. The third-order valence-electron chi connectivity index (χ3n) is 2.62. The van der Waals surface area contributed by atoms with Crippen LogP contribution in [0.15, 0.2) is 41.8 Å². The maximum absolute atomic E-state index is 11.8. The first-order chi connectivity index (χ1) is 7.51. The van der Waals surface area contributed by atoms with Crippen LogP contribution in [0.2, 0.25) is 0 Å². The molecule has 86 valence electrons. The molecule has 16 heavy (non-hydrogen) atoms. The Morgan fingerprint density at radius 2 is 2.00 bits per heavy atom. The number of β-amino-alcohol motifs (C(OH)–C–C–N with tert-alkyl or cyclic N) is 1. The molecule has 5 heteroatoms. The van der Waals surface area contributed by atoms with Crippen molar-refractivity contribution in [3.63, 3.8) is 0 Å². The molecule has 1 aliphatic heterocycles. The normalized spacial score (nSPS) is 24.8. The number of aliphatic hydroxyl groups excluding tert-OH is 1. The Balaban J connectivity index is 2.22. The summed E-state index contributed by atoms with van der Waals surface area (Å²) < 4.78 is 24.8. The summed E-state index contributed by atoms with van der Waals surface area (Å²) in [6.45, 7) is 3.77. The second kappa shape index (κ2) is 4.01. The molecule has 0 unspecified atom stereocenters. The van der Waals surface area contributed by atoms with Crippen LogP contribution in [0.25, 0.3) is 0 Å².